The SMILES string of the molecule is O=c1[nH]/c(=C\c2cc3c(cn2)[nH]c2ccccc23)c(=O)[nH]/c1=C\c1cc2c(cn1)[nH]c1ccccc12. The Balaban J connectivity index is 1.33. The van der Waals surface area contributed by atoms with Gasteiger partial charge < -0.3 is 19.9 Å². The molecule has 5 heterocycles. The maximum absolute atomic E-state index is 12.8. The third kappa shape index (κ3) is 3.24. The number of pyridine rings is 2. The fourth-order valence-corrected chi connectivity index (χ4v) is 4.68. The summed E-state index contributed by atoms with van der Waals surface area (Å²) in [5, 5.41) is 4.38. The highest BCUT2D eigenvalue weighted by Crippen LogP contribution is 2.26. The van der Waals surface area contributed by atoms with Gasteiger partial charge in [-0.05, 0) is 36.4 Å². The van der Waals surface area contributed by atoms with Crippen LogP contribution < -0.4 is 21.8 Å². The van der Waals surface area contributed by atoms with E-state index in [1.54, 1.807) is 24.5 Å². The summed E-state index contributed by atoms with van der Waals surface area (Å²) in [6.45, 7) is 0. The Bertz CT molecular complexity index is 2060. The summed E-state index contributed by atoms with van der Waals surface area (Å²) in [6.07, 6.45) is 6.59. The molecule has 0 aliphatic heterocycles. The van der Waals surface area contributed by atoms with Gasteiger partial charge in [-0.1, -0.05) is 36.4 Å². The van der Waals surface area contributed by atoms with Crippen molar-refractivity contribution in [2.45, 2.75) is 0 Å². The molecule has 0 unspecified atom stereocenters. The van der Waals surface area contributed by atoms with E-state index >= 15 is 0 Å². The summed E-state index contributed by atoms with van der Waals surface area (Å²) >= 11 is 0. The average Bonchev–Trinajstić information content (AvgIpc) is 3.45. The van der Waals surface area contributed by atoms with Crippen LogP contribution in [0.3, 0.4) is 0 Å². The highest BCUT2D eigenvalue weighted by molar-refractivity contribution is 6.08. The van der Waals surface area contributed by atoms with Crippen LogP contribution in [0.2, 0.25) is 0 Å². The lowest BCUT2D eigenvalue weighted by Crippen LogP contribution is -2.46. The number of hydrogen-bond acceptors (Lipinski definition) is 4. The Morgan fingerprint density at radius 2 is 0.972 bits per heavy atom. The van der Waals surface area contributed by atoms with Gasteiger partial charge in [-0.2, -0.15) is 0 Å². The fraction of sp³-hybridized carbons (Fsp3) is 0. The number of hydrogen-bond donors (Lipinski definition) is 4. The van der Waals surface area contributed by atoms with E-state index in [4.69, 9.17) is 0 Å². The molecular formula is C28H18N6O2. The van der Waals surface area contributed by atoms with Crippen molar-refractivity contribution in [2.75, 3.05) is 0 Å². The zero-order chi connectivity index (χ0) is 24.2. The first-order chi connectivity index (χ1) is 17.6. The normalized spacial score (nSPS) is 13.0. The Morgan fingerprint density at radius 1 is 0.528 bits per heavy atom. The topological polar surface area (TPSA) is 123 Å². The summed E-state index contributed by atoms with van der Waals surface area (Å²) in [7, 11) is 0. The van der Waals surface area contributed by atoms with Gasteiger partial charge in [0, 0.05) is 32.6 Å². The smallest absolute Gasteiger partial charge is 0.272 e. The third-order valence-electron chi connectivity index (χ3n) is 6.39. The lowest BCUT2D eigenvalue weighted by atomic mass is 10.1. The van der Waals surface area contributed by atoms with Gasteiger partial charge >= 0.3 is 0 Å². The minimum Gasteiger partial charge on any atom is -0.353 e. The molecule has 0 atom stereocenters. The maximum Gasteiger partial charge on any atom is 0.272 e. The molecule has 5 aromatic heterocycles. The zero-order valence-electron chi connectivity index (χ0n) is 18.8. The minimum absolute atomic E-state index is 0.129. The Kier molecular flexibility index (Phi) is 4.28. The number of fused-ring (bicyclic) bond motifs is 6. The zero-order valence-corrected chi connectivity index (χ0v) is 18.8. The molecule has 36 heavy (non-hydrogen) atoms. The maximum atomic E-state index is 12.8. The molecule has 0 spiro atoms. The number of rotatable bonds is 2. The van der Waals surface area contributed by atoms with E-state index in [1.165, 1.54) is 0 Å². The van der Waals surface area contributed by atoms with Crippen molar-refractivity contribution in [2.24, 2.45) is 0 Å². The van der Waals surface area contributed by atoms with Crippen LogP contribution in [0.1, 0.15) is 11.4 Å². The van der Waals surface area contributed by atoms with Gasteiger partial charge in [0.1, 0.15) is 10.7 Å². The first kappa shape index (κ1) is 20.2. The van der Waals surface area contributed by atoms with E-state index in [0.29, 0.717) is 11.4 Å². The molecule has 4 N–H and O–H groups in total. The highest BCUT2D eigenvalue weighted by atomic mass is 16.1. The Labute approximate surface area is 201 Å². The molecule has 0 radical (unpaired) electrons. The molecule has 0 aliphatic rings. The molecule has 7 aromatic rings. The summed E-state index contributed by atoms with van der Waals surface area (Å²) in [5.41, 5.74) is 4.12. The van der Waals surface area contributed by atoms with E-state index in [0.717, 1.165) is 43.6 Å². The van der Waals surface area contributed by atoms with Crippen LogP contribution in [0.15, 0.2) is 82.6 Å². The quantitative estimate of drug-likeness (QED) is 0.310. The number of H-pyrrole nitrogens is 4. The van der Waals surface area contributed by atoms with Crippen LogP contribution in [0.4, 0.5) is 0 Å². The van der Waals surface area contributed by atoms with Crippen LogP contribution >= 0.6 is 0 Å². The van der Waals surface area contributed by atoms with Crippen molar-refractivity contribution in [3.63, 3.8) is 0 Å². The monoisotopic (exact) mass is 470 g/mol. The molecule has 0 fully saturated rings. The number of aromatic nitrogens is 6. The van der Waals surface area contributed by atoms with Gasteiger partial charge in [0.05, 0.1) is 34.8 Å². The molecule has 8 nitrogen and oxygen atoms in total. The lowest BCUT2D eigenvalue weighted by molar-refractivity contribution is 0.999. The van der Waals surface area contributed by atoms with E-state index in [9.17, 15) is 9.59 Å². The van der Waals surface area contributed by atoms with Crippen molar-refractivity contribution < 1.29 is 0 Å². The van der Waals surface area contributed by atoms with Crippen molar-refractivity contribution in [1.82, 2.24) is 29.9 Å². The van der Waals surface area contributed by atoms with Gasteiger partial charge in [0.15, 0.2) is 0 Å². The first-order valence-electron chi connectivity index (χ1n) is 11.4. The van der Waals surface area contributed by atoms with E-state index in [1.807, 2.05) is 60.7 Å². The minimum atomic E-state index is -0.421. The summed E-state index contributed by atoms with van der Waals surface area (Å²) in [6, 6.07) is 19.7. The molecule has 0 aliphatic carbocycles. The average molecular weight is 470 g/mol. The second-order valence-corrected chi connectivity index (χ2v) is 8.67. The van der Waals surface area contributed by atoms with Crippen molar-refractivity contribution in [3.8, 4) is 0 Å². The van der Waals surface area contributed by atoms with Gasteiger partial charge in [-0.3, -0.25) is 19.6 Å². The standard InChI is InChI=1S/C28H18N6O2/c35-27-23(11-15-9-19-17-5-1-3-7-21(17)31-25(19)13-29-15)33-28(36)24(34-27)12-16-10-20-18-6-2-4-8-22(18)32-26(20)14-30-16/h1-14,31-32H,(H,33,36)(H,34,35)/b23-11-,24-12-. The fourth-order valence-electron chi connectivity index (χ4n) is 4.68. The largest absolute Gasteiger partial charge is 0.353 e. The van der Waals surface area contributed by atoms with Gasteiger partial charge in [0.25, 0.3) is 11.1 Å². The van der Waals surface area contributed by atoms with E-state index in [2.05, 4.69) is 29.9 Å². The number of benzene rings is 2. The molecule has 7 rings (SSSR count). The van der Waals surface area contributed by atoms with E-state index < -0.39 is 11.1 Å². The number of nitrogens with zero attached hydrogens (tertiary/aromatic N) is 2. The van der Waals surface area contributed by atoms with Gasteiger partial charge in [0.2, 0.25) is 0 Å². The van der Waals surface area contributed by atoms with E-state index in [-0.39, 0.29) is 10.7 Å². The van der Waals surface area contributed by atoms with Crippen molar-refractivity contribution in [3.05, 3.63) is 116 Å². The Hall–Kier alpha value is -5.24. The summed E-state index contributed by atoms with van der Waals surface area (Å²) in [5.74, 6) is 0. The van der Waals surface area contributed by atoms with Gasteiger partial charge in [-0.15, -0.1) is 0 Å². The van der Waals surface area contributed by atoms with Crippen LogP contribution in [-0.4, -0.2) is 29.9 Å². The number of aromatic amines is 4. The molecule has 0 bridgehead atoms. The molecular weight excluding hydrogens is 452 g/mol. The molecule has 8 heteroatoms. The third-order valence-corrected chi connectivity index (χ3v) is 6.39. The lowest BCUT2D eigenvalue weighted by Gasteiger charge is -1.96. The predicted molar refractivity (Wildman–Crippen MR) is 141 cm³/mol. The van der Waals surface area contributed by atoms with Crippen molar-refractivity contribution in [1.29, 1.82) is 0 Å². The molecule has 0 amide bonds. The van der Waals surface area contributed by atoms with Crippen LogP contribution in [0.25, 0.3) is 55.8 Å². The van der Waals surface area contributed by atoms with Gasteiger partial charge in [-0.25, -0.2) is 0 Å². The second-order valence-electron chi connectivity index (χ2n) is 8.67. The predicted octanol–water partition coefficient (Wildman–Crippen LogP) is 2.78. The molecule has 0 saturated carbocycles. The second kappa shape index (κ2) is 7.64. The summed E-state index contributed by atoms with van der Waals surface area (Å²) < 4.78 is 0. The molecule has 172 valence electrons. The number of nitrogens with one attached hydrogen (secondary N) is 4. The Morgan fingerprint density at radius 3 is 1.44 bits per heavy atom. The van der Waals surface area contributed by atoms with Crippen LogP contribution in [0, 0.1) is 0 Å². The number of para-hydroxylation sites is 2. The van der Waals surface area contributed by atoms with Crippen LogP contribution in [0.5, 0.6) is 0 Å². The van der Waals surface area contributed by atoms with Crippen LogP contribution in [-0.2, 0) is 0 Å². The first-order valence-corrected chi connectivity index (χ1v) is 11.4. The van der Waals surface area contributed by atoms with Crippen molar-refractivity contribution >= 4 is 55.8 Å². The summed E-state index contributed by atoms with van der Waals surface area (Å²) in [4.78, 5) is 46.5. The molecule has 0 saturated heterocycles. The highest BCUT2D eigenvalue weighted by Gasteiger charge is 2.07. The molecule has 2 aromatic carbocycles.